The Bertz CT molecular complexity index is 596. The summed E-state index contributed by atoms with van der Waals surface area (Å²) in [5.41, 5.74) is 7.58. The van der Waals surface area contributed by atoms with Crippen molar-refractivity contribution in [3.63, 3.8) is 0 Å². The summed E-state index contributed by atoms with van der Waals surface area (Å²) < 4.78 is 13.4. The molecular formula is C15H13Cl3FN. The van der Waals surface area contributed by atoms with Crippen LogP contribution in [-0.2, 0) is 12.8 Å². The first-order valence-electron chi connectivity index (χ1n) is 6.10. The molecule has 5 heteroatoms. The standard InChI is InChI=1S/C15H13Cl3FN/c16-12-4-2-5-13(17)11(12)8-10(20)7-9-3-1-6-14(19)15(9)18/h1-6,10H,7-8,20H2. The molecule has 0 aliphatic heterocycles. The summed E-state index contributed by atoms with van der Waals surface area (Å²) >= 11 is 18.1. The molecule has 0 saturated carbocycles. The highest BCUT2D eigenvalue weighted by Gasteiger charge is 2.14. The Hall–Kier alpha value is -0.800. The first kappa shape index (κ1) is 15.6. The highest BCUT2D eigenvalue weighted by molar-refractivity contribution is 6.36. The molecule has 0 saturated heterocycles. The fraction of sp³-hybridized carbons (Fsp3) is 0.200. The van der Waals surface area contributed by atoms with Gasteiger partial charge in [0.25, 0.3) is 0 Å². The van der Waals surface area contributed by atoms with Crippen LogP contribution >= 0.6 is 34.8 Å². The molecule has 2 aromatic rings. The van der Waals surface area contributed by atoms with E-state index in [0.29, 0.717) is 28.5 Å². The Morgan fingerprint density at radius 1 is 0.950 bits per heavy atom. The zero-order valence-electron chi connectivity index (χ0n) is 10.5. The fourth-order valence-electron chi connectivity index (χ4n) is 2.05. The highest BCUT2D eigenvalue weighted by Crippen LogP contribution is 2.27. The Labute approximate surface area is 132 Å². The summed E-state index contributed by atoms with van der Waals surface area (Å²) in [5, 5.41) is 1.28. The van der Waals surface area contributed by atoms with Crippen molar-refractivity contribution >= 4 is 34.8 Å². The SMILES string of the molecule is NC(Cc1cccc(F)c1Cl)Cc1c(Cl)cccc1Cl. The highest BCUT2D eigenvalue weighted by atomic mass is 35.5. The van der Waals surface area contributed by atoms with Crippen molar-refractivity contribution in [2.24, 2.45) is 5.73 Å². The molecule has 0 spiro atoms. The quantitative estimate of drug-likeness (QED) is 0.847. The summed E-state index contributed by atoms with van der Waals surface area (Å²) in [6.45, 7) is 0. The zero-order valence-corrected chi connectivity index (χ0v) is 12.8. The van der Waals surface area contributed by atoms with Gasteiger partial charge in [-0.1, -0.05) is 53.0 Å². The minimum absolute atomic E-state index is 0.119. The van der Waals surface area contributed by atoms with Crippen molar-refractivity contribution in [3.05, 3.63) is 68.4 Å². The van der Waals surface area contributed by atoms with E-state index in [0.717, 1.165) is 5.56 Å². The van der Waals surface area contributed by atoms with Gasteiger partial charge in [-0.15, -0.1) is 0 Å². The van der Waals surface area contributed by atoms with Crippen molar-refractivity contribution < 1.29 is 4.39 Å². The summed E-state index contributed by atoms with van der Waals surface area (Å²) in [7, 11) is 0. The van der Waals surface area contributed by atoms with Crippen LogP contribution in [-0.4, -0.2) is 6.04 Å². The van der Waals surface area contributed by atoms with E-state index in [1.165, 1.54) is 6.07 Å². The number of halogens is 4. The number of rotatable bonds is 4. The third-order valence-corrected chi connectivity index (χ3v) is 4.17. The van der Waals surface area contributed by atoms with E-state index in [9.17, 15) is 4.39 Å². The van der Waals surface area contributed by atoms with Crippen molar-refractivity contribution in [2.75, 3.05) is 0 Å². The summed E-state index contributed by atoms with van der Waals surface area (Å²) in [6.07, 6.45) is 0.962. The summed E-state index contributed by atoms with van der Waals surface area (Å²) in [6, 6.07) is 9.78. The average molecular weight is 333 g/mol. The molecule has 20 heavy (non-hydrogen) atoms. The van der Waals surface area contributed by atoms with Gasteiger partial charge < -0.3 is 5.73 Å². The first-order chi connectivity index (χ1) is 9.49. The second-order valence-corrected chi connectivity index (χ2v) is 5.77. The van der Waals surface area contributed by atoms with Gasteiger partial charge in [-0.05, 0) is 42.2 Å². The summed E-state index contributed by atoms with van der Waals surface area (Å²) in [4.78, 5) is 0. The molecule has 0 fully saturated rings. The predicted molar refractivity (Wildman–Crippen MR) is 83.3 cm³/mol. The molecule has 1 nitrogen and oxygen atoms in total. The van der Waals surface area contributed by atoms with Crippen LogP contribution in [0.5, 0.6) is 0 Å². The minimum Gasteiger partial charge on any atom is -0.327 e. The van der Waals surface area contributed by atoms with Crippen LogP contribution in [0.25, 0.3) is 0 Å². The van der Waals surface area contributed by atoms with Crippen LogP contribution in [0, 0.1) is 5.82 Å². The second-order valence-electron chi connectivity index (χ2n) is 4.58. The molecule has 0 heterocycles. The second kappa shape index (κ2) is 6.77. The third kappa shape index (κ3) is 3.64. The van der Waals surface area contributed by atoms with Gasteiger partial charge >= 0.3 is 0 Å². The largest absolute Gasteiger partial charge is 0.327 e. The van der Waals surface area contributed by atoms with Crippen LogP contribution in [0.3, 0.4) is 0 Å². The van der Waals surface area contributed by atoms with E-state index >= 15 is 0 Å². The maximum absolute atomic E-state index is 13.4. The van der Waals surface area contributed by atoms with Crippen molar-refractivity contribution in [1.29, 1.82) is 0 Å². The lowest BCUT2D eigenvalue weighted by atomic mass is 9.99. The summed E-state index contributed by atoms with van der Waals surface area (Å²) in [5.74, 6) is -0.438. The normalized spacial score (nSPS) is 12.4. The maximum atomic E-state index is 13.4. The van der Waals surface area contributed by atoms with Crippen LogP contribution in [0.4, 0.5) is 4.39 Å². The van der Waals surface area contributed by atoms with Crippen molar-refractivity contribution in [3.8, 4) is 0 Å². The van der Waals surface area contributed by atoms with Gasteiger partial charge in [0.1, 0.15) is 5.82 Å². The van der Waals surface area contributed by atoms with E-state index in [4.69, 9.17) is 40.5 Å². The molecule has 0 aliphatic carbocycles. The molecule has 1 unspecified atom stereocenters. The van der Waals surface area contributed by atoms with E-state index in [2.05, 4.69) is 0 Å². The van der Waals surface area contributed by atoms with E-state index in [1.807, 2.05) is 0 Å². The Balaban J connectivity index is 2.13. The molecule has 0 bridgehead atoms. The molecule has 106 valence electrons. The number of benzene rings is 2. The molecule has 2 N–H and O–H groups in total. The molecular weight excluding hydrogens is 320 g/mol. The van der Waals surface area contributed by atoms with E-state index < -0.39 is 5.82 Å². The number of hydrogen-bond donors (Lipinski definition) is 1. The number of hydrogen-bond acceptors (Lipinski definition) is 1. The van der Waals surface area contributed by atoms with Crippen LogP contribution in [0.1, 0.15) is 11.1 Å². The lowest BCUT2D eigenvalue weighted by Crippen LogP contribution is -2.26. The van der Waals surface area contributed by atoms with Crippen LogP contribution in [0.15, 0.2) is 36.4 Å². The molecule has 2 aromatic carbocycles. The van der Waals surface area contributed by atoms with E-state index in [1.54, 1.807) is 30.3 Å². The molecule has 0 radical (unpaired) electrons. The topological polar surface area (TPSA) is 26.0 Å². The zero-order chi connectivity index (χ0) is 14.7. The van der Waals surface area contributed by atoms with Gasteiger partial charge in [0.05, 0.1) is 5.02 Å². The van der Waals surface area contributed by atoms with Gasteiger partial charge in [-0.2, -0.15) is 0 Å². The van der Waals surface area contributed by atoms with Crippen LogP contribution < -0.4 is 5.73 Å². The molecule has 0 aromatic heterocycles. The van der Waals surface area contributed by atoms with Crippen molar-refractivity contribution in [2.45, 2.75) is 18.9 Å². The molecule has 0 amide bonds. The van der Waals surface area contributed by atoms with Gasteiger partial charge in [-0.3, -0.25) is 0 Å². The minimum atomic E-state index is -0.438. The molecule has 1 atom stereocenters. The monoisotopic (exact) mass is 331 g/mol. The Morgan fingerprint density at radius 3 is 2.20 bits per heavy atom. The van der Waals surface area contributed by atoms with E-state index in [-0.39, 0.29) is 11.1 Å². The van der Waals surface area contributed by atoms with Gasteiger partial charge in [0.15, 0.2) is 0 Å². The average Bonchev–Trinajstić information content (AvgIpc) is 2.39. The van der Waals surface area contributed by atoms with Crippen LogP contribution in [0.2, 0.25) is 15.1 Å². The van der Waals surface area contributed by atoms with Crippen molar-refractivity contribution in [1.82, 2.24) is 0 Å². The maximum Gasteiger partial charge on any atom is 0.142 e. The molecule has 2 rings (SSSR count). The number of nitrogens with two attached hydrogens (primary N) is 1. The molecule has 0 aliphatic rings. The fourth-order valence-corrected chi connectivity index (χ4v) is 2.81. The van der Waals surface area contributed by atoms with Gasteiger partial charge in [0, 0.05) is 16.1 Å². The third-order valence-electron chi connectivity index (χ3n) is 3.04. The first-order valence-corrected chi connectivity index (χ1v) is 7.23. The van der Waals surface area contributed by atoms with Gasteiger partial charge in [-0.25, -0.2) is 4.39 Å². The Morgan fingerprint density at radius 2 is 1.55 bits per heavy atom. The Kier molecular flexibility index (Phi) is 5.28. The van der Waals surface area contributed by atoms with Gasteiger partial charge in [0.2, 0.25) is 0 Å². The smallest absolute Gasteiger partial charge is 0.142 e. The lowest BCUT2D eigenvalue weighted by molar-refractivity contribution is 0.618. The predicted octanol–water partition coefficient (Wildman–Crippen LogP) is 4.90. The lowest BCUT2D eigenvalue weighted by Gasteiger charge is -2.15.